The van der Waals surface area contributed by atoms with E-state index >= 15 is 0 Å². The van der Waals surface area contributed by atoms with Gasteiger partial charge in [-0.3, -0.25) is 4.90 Å². The van der Waals surface area contributed by atoms with E-state index in [1.54, 1.807) is 13.1 Å². The second-order valence-electron chi connectivity index (χ2n) is 4.07. The predicted octanol–water partition coefficient (Wildman–Crippen LogP) is 0.818. The highest BCUT2D eigenvalue weighted by Crippen LogP contribution is 2.11. The van der Waals surface area contributed by atoms with Crippen LogP contribution in [0.4, 0.5) is 0 Å². The van der Waals surface area contributed by atoms with E-state index in [1.165, 1.54) is 0 Å². The van der Waals surface area contributed by atoms with Crippen molar-refractivity contribution in [3.63, 3.8) is 0 Å². The smallest absolute Gasteiger partial charge is 0.334 e. The molecule has 2 heterocycles. The van der Waals surface area contributed by atoms with Crippen LogP contribution in [0.2, 0.25) is 0 Å². The zero-order valence-electron chi connectivity index (χ0n) is 10.1. The summed E-state index contributed by atoms with van der Waals surface area (Å²) in [6.45, 7) is 9.07. The molecule has 5 heteroatoms. The van der Waals surface area contributed by atoms with Gasteiger partial charge in [-0.15, -0.1) is 0 Å². The van der Waals surface area contributed by atoms with Gasteiger partial charge in [0.2, 0.25) is 0 Å². The van der Waals surface area contributed by atoms with Gasteiger partial charge in [0.05, 0.1) is 13.2 Å². The van der Waals surface area contributed by atoms with Gasteiger partial charge in [-0.2, -0.15) is 0 Å². The van der Waals surface area contributed by atoms with Crippen molar-refractivity contribution < 1.29 is 9.53 Å². The van der Waals surface area contributed by atoms with Crippen LogP contribution in [0.15, 0.2) is 24.5 Å². The fourth-order valence-electron chi connectivity index (χ4n) is 1.93. The van der Waals surface area contributed by atoms with Crippen LogP contribution in [0.1, 0.15) is 12.7 Å². The Morgan fingerprint density at radius 3 is 3.18 bits per heavy atom. The summed E-state index contributed by atoms with van der Waals surface area (Å²) in [7, 11) is 0. The maximum absolute atomic E-state index is 11.4. The highest BCUT2D eigenvalue weighted by atomic mass is 16.5. The molecular weight excluding hydrogens is 218 g/mol. The minimum absolute atomic E-state index is 0.304. The number of aromatic nitrogens is 2. The Kier molecular flexibility index (Phi) is 3.58. The molecule has 0 bridgehead atoms. The Morgan fingerprint density at radius 1 is 1.59 bits per heavy atom. The lowest BCUT2D eigenvalue weighted by Gasteiger charge is -2.27. The van der Waals surface area contributed by atoms with Crippen molar-refractivity contribution >= 4 is 5.97 Å². The van der Waals surface area contributed by atoms with Crippen LogP contribution in [0.25, 0.3) is 0 Å². The number of imidazole rings is 1. The van der Waals surface area contributed by atoms with Gasteiger partial charge >= 0.3 is 5.97 Å². The van der Waals surface area contributed by atoms with E-state index in [0.717, 1.165) is 25.5 Å². The van der Waals surface area contributed by atoms with Crippen molar-refractivity contribution in [2.75, 3.05) is 19.7 Å². The minimum atomic E-state index is -0.304. The molecule has 1 aromatic heterocycles. The summed E-state index contributed by atoms with van der Waals surface area (Å²) < 4.78 is 7.04. The molecule has 0 aromatic carbocycles. The predicted molar refractivity (Wildman–Crippen MR) is 63.3 cm³/mol. The number of carbonyl (C=O) groups excluding carboxylic acids is 1. The summed E-state index contributed by atoms with van der Waals surface area (Å²) in [5.41, 5.74) is 0.506. The second kappa shape index (κ2) is 5.14. The lowest BCUT2D eigenvalue weighted by Crippen LogP contribution is -2.36. The third-order valence-corrected chi connectivity index (χ3v) is 2.80. The maximum atomic E-state index is 11.4. The van der Waals surface area contributed by atoms with Gasteiger partial charge in [-0.1, -0.05) is 6.58 Å². The molecule has 1 aromatic rings. The van der Waals surface area contributed by atoms with Crippen molar-refractivity contribution in [1.29, 1.82) is 0 Å². The van der Waals surface area contributed by atoms with Crippen LogP contribution >= 0.6 is 0 Å². The molecular formula is C12H17N3O2. The number of fused-ring (bicyclic) bond motifs is 1. The van der Waals surface area contributed by atoms with E-state index in [9.17, 15) is 4.79 Å². The third kappa shape index (κ3) is 2.74. The summed E-state index contributed by atoms with van der Waals surface area (Å²) in [6, 6.07) is 0. The number of ether oxygens (including phenoxy) is 1. The van der Waals surface area contributed by atoms with Gasteiger partial charge in [0, 0.05) is 37.6 Å². The van der Waals surface area contributed by atoms with Crippen molar-refractivity contribution in [3.05, 3.63) is 30.4 Å². The number of hydrogen-bond donors (Lipinski definition) is 0. The molecule has 0 unspecified atom stereocenters. The highest BCUT2D eigenvalue weighted by molar-refractivity contribution is 5.88. The average molecular weight is 235 g/mol. The lowest BCUT2D eigenvalue weighted by atomic mass is 10.2. The molecule has 0 saturated carbocycles. The van der Waals surface area contributed by atoms with Crippen LogP contribution in [-0.4, -0.2) is 40.1 Å². The van der Waals surface area contributed by atoms with Crippen LogP contribution in [-0.2, 0) is 22.6 Å². The normalized spacial score (nSPS) is 15.4. The molecule has 92 valence electrons. The van der Waals surface area contributed by atoms with Crippen molar-refractivity contribution in [2.45, 2.75) is 20.0 Å². The average Bonchev–Trinajstić information content (AvgIpc) is 2.76. The van der Waals surface area contributed by atoms with Gasteiger partial charge in [0.1, 0.15) is 5.82 Å². The molecule has 0 fully saturated rings. The topological polar surface area (TPSA) is 47.4 Å². The monoisotopic (exact) mass is 235 g/mol. The van der Waals surface area contributed by atoms with Crippen LogP contribution in [0, 0.1) is 0 Å². The van der Waals surface area contributed by atoms with E-state index in [1.807, 2.05) is 6.20 Å². The first-order valence-electron chi connectivity index (χ1n) is 5.78. The Bertz CT molecular complexity index is 425. The number of hydrogen-bond acceptors (Lipinski definition) is 4. The Balaban J connectivity index is 1.89. The van der Waals surface area contributed by atoms with Gasteiger partial charge in [-0.05, 0) is 6.92 Å². The first-order chi connectivity index (χ1) is 8.20. The van der Waals surface area contributed by atoms with Crippen LogP contribution in [0.5, 0.6) is 0 Å². The summed E-state index contributed by atoms with van der Waals surface area (Å²) in [5, 5.41) is 0. The van der Waals surface area contributed by atoms with Crippen molar-refractivity contribution in [2.24, 2.45) is 0 Å². The standard InChI is InChI=1S/C12H17N3O2/c1-3-17-12(16)10(2)8-14-6-7-15-5-4-13-11(15)9-14/h4-5H,2-3,6-9H2,1H3. The van der Waals surface area contributed by atoms with E-state index in [2.05, 4.69) is 21.0 Å². The Labute approximate surface area is 101 Å². The van der Waals surface area contributed by atoms with Crippen LogP contribution < -0.4 is 0 Å². The quantitative estimate of drug-likeness (QED) is 0.572. The number of rotatable bonds is 4. The number of carbonyl (C=O) groups is 1. The lowest BCUT2D eigenvalue weighted by molar-refractivity contribution is -0.138. The summed E-state index contributed by atoms with van der Waals surface area (Å²) in [6.07, 6.45) is 3.78. The third-order valence-electron chi connectivity index (χ3n) is 2.80. The van der Waals surface area contributed by atoms with Gasteiger partial charge in [-0.25, -0.2) is 9.78 Å². The fraction of sp³-hybridized carbons (Fsp3) is 0.500. The first-order valence-corrected chi connectivity index (χ1v) is 5.78. The Morgan fingerprint density at radius 2 is 2.41 bits per heavy atom. The van der Waals surface area contributed by atoms with Crippen molar-refractivity contribution in [1.82, 2.24) is 14.5 Å². The SMILES string of the molecule is C=C(CN1CCn2ccnc2C1)C(=O)OCC. The summed E-state index contributed by atoms with van der Waals surface area (Å²) in [5.74, 6) is 0.731. The van der Waals surface area contributed by atoms with Crippen LogP contribution in [0.3, 0.4) is 0 Å². The molecule has 0 spiro atoms. The highest BCUT2D eigenvalue weighted by Gasteiger charge is 2.19. The largest absolute Gasteiger partial charge is 0.463 e. The molecule has 5 nitrogen and oxygen atoms in total. The summed E-state index contributed by atoms with van der Waals surface area (Å²) >= 11 is 0. The molecule has 0 saturated heterocycles. The molecule has 0 aliphatic carbocycles. The molecule has 0 atom stereocenters. The zero-order chi connectivity index (χ0) is 12.3. The zero-order valence-corrected chi connectivity index (χ0v) is 10.1. The minimum Gasteiger partial charge on any atom is -0.463 e. The molecule has 1 aliphatic heterocycles. The van der Waals surface area contributed by atoms with E-state index in [-0.39, 0.29) is 5.97 Å². The number of esters is 1. The first kappa shape index (κ1) is 11.9. The summed E-state index contributed by atoms with van der Waals surface area (Å²) in [4.78, 5) is 17.9. The number of nitrogens with zero attached hydrogens (tertiary/aromatic N) is 3. The second-order valence-corrected chi connectivity index (χ2v) is 4.07. The molecule has 0 radical (unpaired) electrons. The molecule has 0 N–H and O–H groups in total. The fourth-order valence-corrected chi connectivity index (χ4v) is 1.93. The molecule has 1 aliphatic rings. The van der Waals surface area contributed by atoms with Gasteiger partial charge < -0.3 is 9.30 Å². The van der Waals surface area contributed by atoms with Gasteiger partial charge in [0.15, 0.2) is 0 Å². The van der Waals surface area contributed by atoms with E-state index < -0.39 is 0 Å². The molecule has 2 rings (SSSR count). The maximum Gasteiger partial charge on any atom is 0.334 e. The van der Waals surface area contributed by atoms with E-state index in [0.29, 0.717) is 18.7 Å². The molecule has 0 amide bonds. The molecule has 17 heavy (non-hydrogen) atoms. The van der Waals surface area contributed by atoms with Crippen molar-refractivity contribution in [3.8, 4) is 0 Å². The van der Waals surface area contributed by atoms with Gasteiger partial charge in [0.25, 0.3) is 0 Å². The Hall–Kier alpha value is -1.62. The van der Waals surface area contributed by atoms with E-state index in [4.69, 9.17) is 4.74 Å².